The van der Waals surface area contributed by atoms with E-state index < -0.39 is 0 Å². The summed E-state index contributed by atoms with van der Waals surface area (Å²) in [7, 11) is 0. The van der Waals surface area contributed by atoms with Gasteiger partial charge in [0.25, 0.3) is 0 Å². The van der Waals surface area contributed by atoms with Crippen molar-refractivity contribution in [3.05, 3.63) is 54.4 Å². The van der Waals surface area contributed by atoms with Crippen LogP contribution in [0.2, 0.25) is 0 Å². The highest BCUT2D eigenvalue weighted by molar-refractivity contribution is 5.55. The Morgan fingerprint density at radius 2 is 1.76 bits per heavy atom. The van der Waals surface area contributed by atoms with Gasteiger partial charge < -0.3 is 10.2 Å². The second-order valence-electron chi connectivity index (χ2n) is 5.59. The molecule has 21 heavy (non-hydrogen) atoms. The topological polar surface area (TPSA) is 28.2 Å². The summed E-state index contributed by atoms with van der Waals surface area (Å²) in [5, 5.41) is 3.46. The van der Waals surface area contributed by atoms with Crippen molar-refractivity contribution in [1.29, 1.82) is 0 Å². The van der Waals surface area contributed by atoms with Gasteiger partial charge in [-0.25, -0.2) is 0 Å². The Bertz CT molecular complexity index is 530. The fourth-order valence-electron chi connectivity index (χ4n) is 2.82. The summed E-state index contributed by atoms with van der Waals surface area (Å²) < 4.78 is 0. The van der Waals surface area contributed by atoms with E-state index in [0.717, 1.165) is 18.7 Å². The van der Waals surface area contributed by atoms with Gasteiger partial charge in [-0.3, -0.25) is 4.98 Å². The van der Waals surface area contributed by atoms with Crippen LogP contribution in [0.1, 0.15) is 25.0 Å². The van der Waals surface area contributed by atoms with Gasteiger partial charge in [-0.05, 0) is 55.7 Å². The number of hydrogen-bond donors (Lipinski definition) is 1. The first-order valence-corrected chi connectivity index (χ1v) is 7.91. The average molecular weight is 281 g/mol. The SMILES string of the molecule is c1ccc(CCNc2ccc(N3CCCCC3)cc2)nc1. The molecule has 1 fully saturated rings. The van der Waals surface area contributed by atoms with Crippen LogP contribution in [0.3, 0.4) is 0 Å². The van der Waals surface area contributed by atoms with Crippen LogP contribution in [0.15, 0.2) is 48.7 Å². The van der Waals surface area contributed by atoms with Gasteiger partial charge in [0.15, 0.2) is 0 Å². The van der Waals surface area contributed by atoms with Crippen LogP contribution < -0.4 is 10.2 Å². The molecule has 1 aliphatic heterocycles. The lowest BCUT2D eigenvalue weighted by atomic mass is 10.1. The number of benzene rings is 1. The number of rotatable bonds is 5. The molecule has 1 N–H and O–H groups in total. The lowest BCUT2D eigenvalue weighted by Gasteiger charge is -2.28. The summed E-state index contributed by atoms with van der Waals surface area (Å²) in [6.45, 7) is 3.32. The highest BCUT2D eigenvalue weighted by atomic mass is 15.1. The van der Waals surface area contributed by atoms with E-state index in [4.69, 9.17) is 0 Å². The first-order valence-electron chi connectivity index (χ1n) is 7.91. The maximum absolute atomic E-state index is 4.34. The van der Waals surface area contributed by atoms with Crippen LogP contribution >= 0.6 is 0 Å². The zero-order valence-corrected chi connectivity index (χ0v) is 12.5. The van der Waals surface area contributed by atoms with Crippen LogP contribution in [0, 0.1) is 0 Å². The summed E-state index contributed by atoms with van der Waals surface area (Å²) in [6.07, 6.45) is 6.83. The highest BCUT2D eigenvalue weighted by Crippen LogP contribution is 2.21. The fourth-order valence-corrected chi connectivity index (χ4v) is 2.82. The maximum atomic E-state index is 4.34. The van der Waals surface area contributed by atoms with Gasteiger partial charge in [-0.2, -0.15) is 0 Å². The predicted octanol–water partition coefficient (Wildman–Crippen LogP) is 3.73. The Hall–Kier alpha value is -2.03. The second-order valence-corrected chi connectivity index (χ2v) is 5.59. The molecule has 2 heterocycles. The molecule has 1 saturated heterocycles. The molecule has 0 aliphatic carbocycles. The molecule has 0 saturated carbocycles. The number of piperidine rings is 1. The van der Waals surface area contributed by atoms with Gasteiger partial charge >= 0.3 is 0 Å². The van der Waals surface area contributed by atoms with Crippen LogP contribution in [0.4, 0.5) is 11.4 Å². The minimum absolute atomic E-state index is 0.917. The normalized spacial score (nSPS) is 15.0. The molecule has 3 heteroatoms. The molecule has 0 atom stereocenters. The van der Waals surface area contributed by atoms with Crippen molar-refractivity contribution in [2.24, 2.45) is 0 Å². The van der Waals surface area contributed by atoms with E-state index >= 15 is 0 Å². The average Bonchev–Trinajstić information content (AvgIpc) is 2.57. The van der Waals surface area contributed by atoms with Gasteiger partial charge in [0.05, 0.1) is 0 Å². The first-order chi connectivity index (χ1) is 10.4. The van der Waals surface area contributed by atoms with E-state index in [2.05, 4.69) is 45.5 Å². The first kappa shape index (κ1) is 13.9. The van der Waals surface area contributed by atoms with Crippen LogP contribution in [-0.4, -0.2) is 24.6 Å². The van der Waals surface area contributed by atoms with E-state index in [-0.39, 0.29) is 0 Å². The minimum Gasteiger partial charge on any atom is -0.385 e. The number of hydrogen-bond acceptors (Lipinski definition) is 3. The van der Waals surface area contributed by atoms with Crippen molar-refractivity contribution >= 4 is 11.4 Å². The lowest BCUT2D eigenvalue weighted by Crippen LogP contribution is -2.29. The molecule has 0 radical (unpaired) electrons. The molecule has 110 valence electrons. The molecule has 0 unspecified atom stereocenters. The molecule has 3 rings (SSSR count). The van der Waals surface area contributed by atoms with E-state index in [0.29, 0.717) is 0 Å². The third-order valence-corrected chi connectivity index (χ3v) is 4.02. The summed E-state index contributed by atoms with van der Waals surface area (Å²) in [5.41, 5.74) is 3.67. The standard InChI is InChI=1S/C18H23N3/c1-4-14-21(15-5-1)18-9-7-17(8-10-18)20-13-11-16-6-2-3-12-19-16/h2-3,6-10,12,20H,1,4-5,11,13-15H2. The molecule has 1 aromatic heterocycles. The third kappa shape index (κ3) is 3.97. The second kappa shape index (κ2) is 7.11. The van der Waals surface area contributed by atoms with E-state index in [1.54, 1.807) is 0 Å². The number of nitrogens with one attached hydrogen (secondary N) is 1. The van der Waals surface area contributed by atoms with Crippen LogP contribution in [0.25, 0.3) is 0 Å². The Kier molecular flexibility index (Phi) is 4.72. The number of aromatic nitrogens is 1. The summed E-state index contributed by atoms with van der Waals surface area (Å²) in [4.78, 5) is 6.83. The Balaban J connectivity index is 1.50. The lowest BCUT2D eigenvalue weighted by molar-refractivity contribution is 0.578. The molecule has 2 aromatic rings. The van der Waals surface area contributed by atoms with Crippen LogP contribution in [0.5, 0.6) is 0 Å². The van der Waals surface area contributed by atoms with E-state index in [1.165, 1.54) is 43.7 Å². The number of anilines is 2. The summed E-state index contributed by atoms with van der Waals surface area (Å²) in [5.74, 6) is 0. The molecule has 0 amide bonds. The molecule has 0 spiro atoms. The summed E-state index contributed by atoms with van der Waals surface area (Å²) in [6, 6.07) is 14.9. The minimum atomic E-state index is 0.917. The van der Waals surface area contributed by atoms with Crippen molar-refractivity contribution in [2.75, 3.05) is 29.9 Å². The number of nitrogens with zero attached hydrogens (tertiary/aromatic N) is 2. The Morgan fingerprint density at radius 1 is 0.952 bits per heavy atom. The highest BCUT2D eigenvalue weighted by Gasteiger charge is 2.10. The van der Waals surface area contributed by atoms with E-state index in [9.17, 15) is 0 Å². The molecule has 1 aromatic carbocycles. The van der Waals surface area contributed by atoms with Crippen molar-refractivity contribution < 1.29 is 0 Å². The molecule has 3 nitrogen and oxygen atoms in total. The van der Waals surface area contributed by atoms with Gasteiger partial charge in [-0.15, -0.1) is 0 Å². The maximum Gasteiger partial charge on any atom is 0.0421 e. The smallest absolute Gasteiger partial charge is 0.0421 e. The van der Waals surface area contributed by atoms with Gasteiger partial charge in [0, 0.05) is 49.3 Å². The molecule has 0 bridgehead atoms. The van der Waals surface area contributed by atoms with Gasteiger partial charge in [-0.1, -0.05) is 6.07 Å². The van der Waals surface area contributed by atoms with E-state index in [1.807, 2.05) is 18.3 Å². The molecular weight excluding hydrogens is 258 g/mol. The van der Waals surface area contributed by atoms with Crippen LogP contribution in [-0.2, 0) is 6.42 Å². The fraction of sp³-hybridized carbons (Fsp3) is 0.389. The Labute approximate surface area is 127 Å². The largest absolute Gasteiger partial charge is 0.385 e. The zero-order chi connectivity index (χ0) is 14.3. The summed E-state index contributed by atoms with van der Waals surface area (Å²) >= 11 is 0. The van der Waals surface area contributed by atoms with Crippen molar-refractivity contribution in [1.82, 2.24) is 4.98 Å². The van der Waals surface area contributed by atoms with Crippen molar-refractivity contribution in [2.45, 2.75) is 25.7 Å². The quantitative estimate of drug-likeness (QED) is 0.905. The van der Waals surface area contributed by atoms with Gasteiger partial charge in [0.1, 0.15) is 0 Å². The third-order valence-electron chi connectivity index (χ3n) is 4.02. The predicted molar refractivity (Wildman–Crippen MR) is 88.9 cm³/mol. The van der Waals surface area contributed by atoms with Gasteiger partial charge in [0.2, 0.25) is 0 Å². The molecule has 1 aliphatic rings. The van der Waals surface area contributed by atoms with Crippen molar-refractivity contribution in [3.63, 3.8) is 0 Å². The Morgan fingerprint density at radius 3 is 2.48 bits per heavy atom. The number of pyridine rings is 1. The zero-order valence-electron chi connectivity index (χ0n) is 12.5. The van der Waals surface area contributed by atoms with Crippen molar-refractivity contribution in [3.8, 4) is 0 Å². The molecular formula is C18H23N3. The monoisotopic (exact) mass is 281 g/mol.